The van der Waals surface area contributed by atoms with Crippen LogP contribution in [0, 0.1) is 0 Å². The lowest BCUT2D eigenvalue weighted by molar-refractivity contribution is -0.0291. The first-order valence-electron chi connectivity index (χ1n) is 6.05. The molecule has 1 aromatic heterocycles. The fraction of sp³-hybridized carbons (Fsp3) is 0.429. The predicted molar refractivity (Wildman–Crippen MR) is 70.4 cm³/mol. The third-order valence-electron chi connectivity index (χ3n) is 3.45. The molecule has 0 amide bonds. The highest BCUT2D eigenvalue weighted by Gasteiger charge is 2.30. The molecule has 2 heterocycles. The summed E-state index contributed by atoms with van der Waals surface area (Å²) in [6.45, 7) is 2.07. The van der Waals surface area contributed by atoms with Crippen molar-refractivity contribution in [3.63, 3.8) is 0 Å². The second-order valence-electron chi connectivity index (χ2n) is 4.69. The van der Waals surface area contributed by atoms with Crippen LogP contribution in [-0.4, -0.2) is 17.3 Å². The average molecular weight is 248 g/mol. The van der Waals surface area contributed by atoms with Crippen molar-refractivity contribution in [1.29, 1.82) is 0 Å². The van der Waals surface area contributed by atoms with Crippen LogP contribution in [0.5, 0.6) is 0 Å². The van der Waals surface area contributed by atoms with Gasteiger partial charge in [0.25, 0.3) is 0 Å². The SMILES string of the molecule is CC1CCC(C(O)c2cccc3ccsc23)O1. The van der Waals surface area contributed by atoms with Crippen molar-refractivity contribution >= 4 is 21.4 Å². The predicted octanol–water partition coefficient (Wildman–Crippen LogP) is 3.50. The number of rotatable bonds is 2. The van der Waals surface area contributed by atoms with E-state index in [0.717, 1.165) is 18.4 Å². The third kappa shape index (κ3) is 1.99. The van der Waals surface area contributed by atoms with Gasteiger partial charge in [-0.1, -0.05) is 18.2 Å². The maximum absolute atomic E-state index is 10.4. The first-order chi connectivity index (χ1) is 8.25. The number of benzene rings is 1. The molecule has 1 saturated heterocycles. The maximum Gasteiger partial charge on any atom is 0.107 e. The van der Waals surface area contributed by atoms with Crippen molar-refractivity contribution in [1.82, 2.24) is 0 Å². The standard InChI is InChI=1S/C14H16O2S/c1-9-5-6-12(16-9)13(15)11-4-2-3-10-7-8-17-14(10)11/h2-4,7-9,12-13,15H,5-6H2,1H3. The van der Waals surface area contributed by atoms with Crippen molar-refractivity contribution in [3.8, 4) is 0 Å². The highest BCUT2D eigenvalue weighted by atomic mass is 32.1. The third-order valence-corrected chi connectivity index (χ3v) is 4.42. The van der Waals surface area contributed by atoms with E-state index in [4.69, 9.17) is 4.74 Å². The molecule has 0 spiro atoms. The van der Waals surface area contributed by atoms with E-state index in [2.05, 4.69) is 24.4 Å². The van der Waals surface area contributed by atoms with Crippen LogP contribution in [-0.2, 0) is 4.74 Å². The van der Waals surface area contributed by atoms with E-state index in [0.29, 0.717) is 0 Å². The van der Waals surface area contributed by atoms with Crippen molar-refractivity contribution in [3.05, 3.63) is 35.2 Å². The molecule has 3 rings (SSSR count). The van der Waals surface area contributed by atoms with Gasteiger partial charge in [-0.05, 0) is 36.6 Å². The smallest absolute Gasteiger partial charge is 0.107 e. The summed E-state index contributed by atoms with van der Waals surface area (Å²) < 4.78 is 6.94. The van der Waals surface area contributed by atoms with Crippen LogP contribution in [0.1, 0.15) is 31.4 Å². The summed E-state index contributed by atoms with van der Waals surface area (Å²) in [5.41, 5.74) is 1.01. The zero-order valence-corrected chi connectivity index (χ0v) is 10.6. The second-order valence-corrected chi connectivity index (χ2v) is 5.61. The lowest BCUT2D eigenvalue weighted by Gasteiger charge is -2.19. The summed E-state index contributed by atoms with van der Waals surface area (Å²) in [7, 11) is 0. The molecule has 0 bridgehead atoms. The molecule has 1 fully saturated rings. The molecule has 90 valence electrons. The van der Waals surface area contributed by atoms with Crippen LogP contribution in [0.3, 0.4) is 0 Å². The molecule has 17 heavy (non-hydrogen) atoms. The van der Waals surface area contributed by atoms with Crippen LogP contribution < -0.4 is 0 Å². The van der Waals surface area contributed by atoms with Crippen molar-refractivity contribution in [2.75, 3.05) is 0 Å². The van der Waals surface area contributed by atoms with Gasteiger partial charge in [-0.25, -0.2) is 0 Å². The van der Waals surface area contributed by atoms with Gasteiger partial charge in [0.15, 0.2) is 0 Å². The van der Waals surface area contributed by atoms with E-state index in [9.17, 15) is 5.11 Å². The Bertz CT molecular complexity index is 520. The van der Waals surface area contributed by atoms with Crippen LogP contribution >= 0.6 is 11.3 Å². The lowest BCUT2D eigenvalue weighted by atomic mass is 10.0. The molecule has 0 radical (unpaired) electrons. The summed E-state index contributed by atoms with van der Waals surface area (Å²) in [5.74, 6) is 0. The van der Waals surface area contributed by atoms with E-state index < -0.39 is 6.10 Å². The maximum atomic E-state index is 10.4. The summed E-state index contributed by atoms with van der Waals surface area (Å²) in [4.78, 5) is 0. The van der Waals surface area contributed by atoms with Gasteiger partial charge in [0.1, 0.15) is 6.10 Å². The summed E-state index contributed by atoms with van der Waals surface area (Å²) in [5, 5.41) is 13.7. The first-order valence-corrected chi connectivity index (χ1v) is 6.93. The minimum absolute atomic E-state index is 0.0438. The van der Waals surface area contributed by atoms with Crippen molar-refractivity contribution in [2.45, 2.75) is 38.1 Å². The normalized spacial score (nSPS) is 26.5. The van der Waals surface area contributed by atoms with Gasteiger partial charge in [0, 0.05) is 10.3 Å². The van der Waals surface area contributed by atoms with E-state index in [1.54, 1.807) is 11.3 Å². The highest BCUT2D eigenvalue weighted by molar-refractivity contribution is 7.17. The van der Waals surface area contributed by atoms with Gasteiger partial charge in [0.2, 0.25) is 0 Å². The van der Waals surface area contributed by atoms with E-state index >= 15 is 0 Å². The Morgan fingerprint density at radius 1 is 1.35 bits per heavy atom. The van der Waals surface area contributed by atoms with Crippen LogP contribution in [0.25, 0.3) is 10.1 Å². The number of aliphatic hydroxyl groups excluding tert-OH is 1. The van der Waals surface area contributed by atoms with E-state index in [1.807, 2.05) is 12.1 Å². The summed E-state index contributed by atoms with van der Waals surface area (Å²) in [6.07, 6.45) is 1.73. The van der Waals surface area contributed by atoms with Gasteiger partial charge in [-0.15, -0.1) is 11.3 Å². The minimum Gasteiger partial charge on any atom is -0.386 e. The fourth-order valence-corrected chi connectivity index (χ4v) is 3.46. The van der Waals surface area contributed by atoms with Crippen molar-refractivity contribution in [2.24, 2.45) is 0 Å². The van der Waals surface area contributed by atoms with Gasteiger partial charge < -0.3 is 9.84 Å². The Labute approximate surface area is 105 Å². The molecule has 3 atom stereocenters. The van der Waals surface area contributed by atoms with E-state index in [1.165, 1.54) is 10.1 Å². The highest BCUT2D eigenvalue weighted by Crippen LogP contribution is 2.35. The van der Waals surface area contributed by atoms with Gasteiger partial charge in [-0.3, -0.25) is 0 Å². The number of ether oxygens (including phenoxy) is 1. The fourth-order valence-electron chi connectivity index (χ4n) is 2.52. The molecule has 0 saturated carbocycles. The molecule has 3 unspecified atom stereocenters. The van der Waals surface area contributed by atoms with Gasteiger partial charge in [-0.2, -0.15) is 0 Å². The van der Waals surface area contributed by atoms with Crippen molar-refractivity contribution < 1.29 is 9.84 Å². The Hall–Kier alpha value is -0.900. The molecule has 0 aliphatic carbocycles. The summed E-state index contributed by atoms with van der Waals surface area (Å²) in [6, 6.07) is 8.19. The topological polar surface area (TPSA) is 29.5 Å². The van der Waals surface area contributed by atoms with Gasteiger partial charge >= 0.3 is 0 Å². The molecule has 1 aliphatic heterocycles. The lowest BCUT2D eigenvalue weighted by Crippen LogP contribution is -2.18. The molecular weight excluding hydrogens is 232 g/mol. The monoisotopic (exact) mass is 248 g/mol. The van der Waals surface area contributed by atoms with Gasteiger partial charge in [0.05, 0.1) is 12.2 Å². The number of hydrogen-bond acceptors (Lipinski definition) is 3. The zero-order valence-electron chi connectivity index (χ0n) is 9.80. The Morgan fingerprint density at radius 2 is 2.24 bits per heavy atom. The Morgan fingerprint density at radius 3 is 3.00 bits per heavy atom. The second kappa shape index (κ2) is 4.41. The molecule has 2 nitrogen and oxygen atoms in total. The number of hydrogen-bond donors (Lipinski definition) is 1. The molecular formula is C14H16O2S. The largest absolute Gasteiger partial charge is 0.386 e. The number of thiophene rings is 1. The zero-order chi connectivity index (χ0) is 11.8. The molecule has 2 aromatic rings. The minimum atomic E-state index is -0.498. The molecule has 1 aromatic carbocycles. The number of aliphatic hydroxyl groups is 1. The quantitative estimate of drug-likeness (QED) is 0.881. The molecule has 1 N–H and O–H groups in total. The Kier molecular flexibility index (Phi) is 2.90. The molecule has 1 aliphatic rings. The first kappa shape index (κ1) is 11.2. The van der Waals surface area contributed by atoms with Crippen LogP contribution in [0.15, 0.2) is 29.6 Å². The summed E-state index contributed by atoms with van der Waals surface area (Å²) >= 11 is 1.69. The van der Waals surface area contributed by atoms with Crippen LogP contribution in [0.4, 0.5) is 0 Å². The van der Waals surface area contributed by atoms with Crippen LogP contribution in [0.2, 0.25) is 0 Å². The van der Waals surface area contributed by atoms with E-state index in [-0.39, 0.29) is 12.2 Å². The number of fused-ring (bicyclic) bond motifs is 1. The molecule has 3 heteroatoms. The average Bonchev–Trinajstić information content (AvgIpc) is 2.95. The Balaban J connectivity index is 1.95.